The molecule has 102 valence electrons. The lowest BCUT2D eigenvalue weighted by Gasteiger charge is -2.06. The molecule has 0 bridgehead atoms. The molecule has 0 aliphatic rings. The molecule has 1 aromatic rings. The molecule has 0 spiro atoms. The Morgan fingerprint density at radius 1 is 1.32 bits per heavy atom. The normalized spacial score (nSPS) is 11.2. The molecule has 1 heterocycles. The third kappa shape index (κ3) is 4.66. The van der Waals surface area contributed by atoms with Gasteiger partial charge in [0.2, 0.25) is 0 Å². The molecule has 0 N–H and O–H groups in total. The number of esters is 1. The Hall–Kier alpha value is -1.97. The summed E-state index contributed by atoms with van der Waals surface area (Å²) in [5, 5.41) is 0. The molecule has 0 aromatic carbocycles. The molecule has 0 amide bonds. The number of hydrogen-bond acceptors (Lipinski definition) is 4. The number of rotatable bonds is 6. The van der Waals surface area contributed by atoms with Gasteiger partial charge in [-0.1, -0.05) is 6.92 Å². The van der Waals surface area contributed by atoms with Crippen LogP contribution in [0.25, 0.3) is 6.08 Å². The Labute approximate surface area is 113 Å². The van der Waals surface area contributed by atoms with Crippen molar-refractivity contribution in [3.63, 3.8) is 0 Å². The van der Waals surface area contributed by atoms with Gasteiger partial charge in [0.25, 0.3) is 0 Å². The Bertz CT molecular complexity index is 472. The quantitative estimate of drug-likeness (QED) is 0.342. The van der Waals surface area contributed by atoms with E-state index >= 15 is 0 Å². The average molecular weight is 261 g/mol. The van der Waals surface area contributed by atoms with E-state index in [0.717, 1.165) is 11.1 Å². The average Bonchev–Trinajstić information content (AvgIpc) is 2.36. The van der Waals surface area contributed by atoms with Crippen molar-refractivity contribution in [2.45, 2.75) is 33.6 Å². The van der Waals surface area contributed by atoms with Crippen molar-refractivity contribution < 1.29 is 14.3 Å². The van der Waals surface area contributed by atoms with Gasteiger partial charge >= 0.3 is 5.97 Å². The largest absolute Gasteiger partial charge is 0.462 e. The van der Waals surface area contributed by atoms with Crippen LogP contribution in [0.1, 0.15) is 37.8 Å². The van der Waals surface area contributed by atoms with Crippen molar-refractivity contribution in [1.82, 2.24) is 4.98 Å². The van der Waals surface area contributed by atoms with Crippen molar-refractivity contribution >= 4 is 17.8 Å². The van der Waals surface area contributed by atoms with E-state index < -0.39 is 5.97 Å². The maximum Gasteiger partial charge on any atom is 0.341 e. The fourth-order valence-electron chi connectivity index (χ4n) is 1.65. The summed E-state index contributed by atoms with van der Waals surface area (Å²) in [5.41, 5.74) is 1.79. The summed E-state index contributed by atoms with van der Waals surface area (Å²) in [4.78, 5) is 27.8. The smallest absolute Gasteiger partial charge is 0.341 e. The number of nitrogens with zero attached hydrogens (tertiary/aromatic N) is 1. The van der Waals surface area contributed by atoms with Crippen LogP contribution in [0.3, 0.4) is 0 Å². The van der Waals surface area contributed by atoms with Gasteiger partial charge in [-0.15, -0.1) is 0 Å². The summed E-state index contributed by atoms with van der Waals surface area (Å²) >= 11 is 0. The van der Waals surface area contributed by atoms with Crippen LogP contribution in [0.2, 0.25) is 0 Å². The van der Waals surface area contributed by atoms with E-state index in [1.165, 1.54) is 0 Å². The van der Waals surface area contributed by atoms with Crippen LogP contribution in [0.5, 0.6) is 0 Å². The number of hydrogen-bond donors (Lipinski definition) is 0. The van der Waals surface area contributed by atoms with Crippen molar-refractivity contribution in [2.75, 3.05) is 6.61 Å². The minimum atomic E-state index is -0.567. The molecule has 0 aliphatic heterocycles. The Balaban J connectivity index is 3.08. The van der Waals surface area contributed by atoms with Gasteiger partial charge in [0.05, 0.1) is 6.61 Å². The van der Waals surface area contributed by atoms with Gasteiger partial charge in [0, 0.05) is 18.8 Å². The molecule has 1 rings (SSSR count). The second-order valence-electron chi connectivity index (χ2n) is 4.25. The SMILES string of the molecule is CCCC(=O)C(=Cc1cncc(C)c1)C(=O)OCC. The predicted octanol–water partition coefficient (Wildman–Crippen LogP) is 2.71. The Morgan fingerprint density at radius 2 is 2.05 bits per heavy atom. The molecule has 0 aliphatic carbocycles. The van der Waals surface area contributed by atoms with Crippen molar-refractivity contribution in [3.05, 3.63) is 35.2 Å². The number of pyridine rings is 1. The highest BCUT2D eigenvalue weighted by Crippen LogP contribution is 2.12. The highest BCUT2D eigenvalue weighted by molar-refractivity contribution is 6.20. The number of Topliss-reactive ketones (excluding diaryl/α,β-unsaturated/α-hetero) is 1. The second-order valence-corrected chi connectivity index (χ2v) is 4.25. The molecule has 4 heteroatoms. The first-order valence-corrected chi connectivity index (χ1v) is 6.42. The Morgan fingerprint density at radius 3 is 2.63 bits per heavy atom. The molecule has 0 atom stereocenters. The highest BCUT2D eigenvalue weighted by atomic mass is 16.5. The first-order chi connectivity index (χ1) is 9.08. The van der Waals surface area contributed by atoms with Gasteiger partial charge in [-0.25, -0.2) is 4.79 Å². The number of aryl methyl sites for hydroxylation is 1. The summed E-state index contributed by atoms with van der Waals surface area (Å²) in [6.45, 7) is 5.77. The molecule has 1 aromatic heterocycles. The lowest BCUT2D eigenvalue weighted by atomic mass is 10.0. The van der Waals surface area contributed by atoms with E-state index in [1.54, 1.807) is 25.4 Å². The summed E-state index contributed by atoms with van der Waals surface area (Å²) in [6.07, 6.45) is 5.92. The zero-order chi connectivity index (χ0) is 14.3. The van der Waals surface area contributed by atoms with Crippen molar-refractivity contribution in [1.29, 1.82) is 0 Å². The zero-order valence-electron chi connectivity index (χ0n) is 11.6. The van der Waals surface area contributed by atoms with Gasteiger partial charge in [-0.3, -0.25) is 9.78 Å². The molecule has 0 unspecified atom stereocenters. The van der Waals surface area contributed by atoms with Crippen LogP contribution in [-0.4, -0.2) is 23.3 Å². The van der Waals surface area contributed by atoms with Crippen LogP contribution >= 0.6 is 0 Å². The predicted molar refractivity (Wildman–Crippen MR) is 73.5 cm³/mol. The number of carbonyl (C=O) groups excluding carboxylic acids is 2. The van der Waals surface area contributed by atoms with Crippen LogP contribution in [-0.2, 0) is 14.3 Å². The van der Waals surface area contributed by atoms with E-state index in [9.17, 15) is 9.59 Å². The number of carbonyl (C=O) groups is 2. The van der Waals surface area contributed by atoms with E-state index in [4.69, 9.17) is 4.74 Å². The van der Waals surface area contributed by atoms with Crippen LogP contribution in [0.15, 0.2) is 24.0 Å². The van der Waals surface area contributed by atoms with Crippen LogP contribution in [0, 0.1) is 6.92 Å². The maximum atomic E-state index is 12.0. The number of aromatic nitrogens is 1. The lowest BCUT2D eigenvalue weighted by Crippen LogP contribution is -2.15. The molecule has 0 saturated carbocycles. The maximum absolute atomic E-state index is 12.0. The molecule has 0 fully saturated rings. The molecular weight excluding hydrogens is 242 g/mol. The fourth-order valence-corrected chi connectivity index (χ4v) is 1.65. The third-order valence-corrected chi connectivity index (χ3v) is 2.48. The van der Waals surface area contributed by atoms with E-state index in [2.05, 4.69) is 4.98 Å². The molecular formula is C15H19NO3. The highest BCUT2D eigenvalue weighted by Gasteiger charge is 2.18. The molecule has 0 saturated heterocycles. The summed E-state index contributed by atoms with van der Waals surface area (Å²) in [5.74, 6) is -0.759. The minimum Gasteiger partial charge on any atom is -0.462 e. The summed E-state index contributed by atoms with van der Waals surface area (Å²) in [6, 6.07) is 1.87. The Kier molecular flexibility index (Phi) is 5.93. The monoisotopic (exact) mass is 261 g/mol. The fraction of sp³-hybridized carbons (Fsp3) is 0.400. The van der Waals surface area contributed by atoms with Crippen LogP contribution < -0.4 is 0 Å². The van der Waals surface area contributed by atoms with Gasteiger partial charge < -0.3 is 4.74 Å². The third-order valence-electron chi connectivity index (χ3n) is 2.48. The first kappa shape index (κ1) is 15.1. The second kappa shape index (κ2) is 7.46. The van der Waals surface area contributed by atoms with E-state index in [0.29, 0.717) is 12.8 Å². The molecule has 4 nitrogen and oxygen atoms in total. The standard InChI is InChI=1S/C15H19NO3/c1-4-6-14(17)13(15(18)19-5-2)8-12-7-11(3)9-16-10-12/h7-10H,4-6H2,1-3H3. The first-order valence-electron chi connectivity index (χ1n) is 6.42. The number of ketones is 1. The minimum absolute atomic E-state index is 0.0936. The van der Waals surface area contributed by atoms with E-state index in [1.807, 2.05) is 19.9 Å². The van der Waals surface area contributed by atoms with Gasteiger partial charge in [0.1, 0.15) is 5.57 Å². The number of ether oxygens (including phenoxy) is 1. The van der Waals surface area contributed by atoms with E-state index in [-0.39, 0.29) is 18.0 Å². The van der Waals surface area contributed by atoms with Gasteiger partial charge in [0.15, 0.2) is 5.78 Å². The van der Waals surface area contributed by atoms with Crippen LogP contribution in [0.4, 0.5) is 0 Å². The lowest BCUT2D eigenvalue weighted by molar-refractivity contribution is -0.139. The zero-order valence-corrected chi connectivity index (χ0v) is 11.6. The summed E-state index contributed by atoms with van der Waals surface area (Å²) in [7, 11) is 0. The van der Waals surface area contributed by atoms with Gasteiger partial charge in [-0.2, -0.15) is 0 Å². The van der Waals surface area contributed by atoms with Crippen molar-refractivity contribution in [2.24, 2.45) is 0 Å². The summed E-state index contributed by atoms with van der Waals surface area (Å²) < 4.78 is 4.93. The molecule has 19 heavy (non-hydrogen) atoms. The van der Waals surface area contributed by atoms with Crippen molar-refractivity contribution in [3.8, 4) is 0 Å². The topological polar surface area (TPSA) is 56.3 Å². The van der Waals surface area contributed by atoms with Gasteiger partial charge in [-0.05, 0) is 43.5 Å². The molecule has 0 radical (unpaired) electrons.